The molecule has 100 valence electrons. The fourth-order valence-corrected chi connectivity index (χ4v) is 1.47. The largest absolute Gasteiger partial charge is 0.394 e. The maximum Gasteiger partial charge on any atom is 0.319 e. The van der Waals surface area contributed by atoms with Gasteiger partial charge in [0, 0.05) is 0 Å². The number of carbonyl (C=O) groups is 1. The van der Waals surface area contributed by atoms with Crippen LogP contribution in [-0.2, 0) is 0 Å². The number of aliphatic hydroxyl groups is 1. The molecule has 0 heterocycles. The Bertz CT molecular complexity index is 436. The van der Waals surface area contributed by atoms with Gasteiger partial charge in [0.15, 0.2) is 0 Å². The lowest BCUT2D eigenvalue weighted by Gasteiger charge is -2.27. The SMILES string of the molecule is CCC(C)(CO)NC(=O)Nc1ccc(F)cc1Cl. The first-order chi connectivity index (χ1) is 8.40. The molecular weight excluding hydrogens is 259 g/mol. The van der Waals surface area contributed by atoms with Crippen LogP contribution < -0.4 is 10.6 Å². The molecule has 0 aromatic heterocycles. The van der Waals surface area contributed by atoms with Gasteiger partial charge in [0.25, 0.3) is 0 Å². The number of urea groups is 1. The summed E-state index contributed by atoms with van der Waals surface area (Å²) in [5.74, 6) is -0.472. The Morgan fingerprint density at radius 1 is 1.56 bits per heavy atom. The number of anilines is 1. The number of rotatable bonds is 4. The molecule has 1 unspecified atom stereocenters. The number of halogens is 2. The van der Waals surface area contributed by atoms with Crippen LogP contribution in [0.15, 0.2) is 18.2 Å². The van der Waals surface area contributed by atoms with Crippen LogP contribution in [0.4, 0.5) is 14.9 Å². The molecule has 0 spiro atoms. The smallest absolute Gasteiger partial charge is 0.319 e. The fraction of sp³-hybridized carbons (Fsp3) is 0.417. The lowest BCUT2D eigenvalue weighted by Crippen LogP contribution is -2.50. The normalized spacial score (nSPS) is 13.8. The van der Waals surface area contributed by atoms with Gasteiger partial charge in [0.2, 0.25) is 0 Å². The maximum atomic E-state index is 12.8. The van der Waals surface area contributed by atoms with Gasteiger partial charge in [-0.3, -0.25) is 0 Å². The van der Waals surface area contributed by atoms with Crippen molar-refractivity contribution in [3.8, 4) is 0 Å². The molecule has 0 saturated carbocycles. The third-order valence-electron chi connectivity index (χ3n) is 2.72. The Labute approximate surface area is 110 Å². The Kier molecular flexibility index (Phi) is 4.93. The first kappa shape index (κ1) is 14.7. The molecular formula is C12H16ClFN2O2. The van der Waals surface area contributed by atoms with E-state index >= 15 is 0 Å². The van der Waals surface area contributed by atoms with Crippen LogP contribution >= 0.6 is 11.6 Å². The fourth-order valence-electron chi connectivity index (χ4n) is 1.26. The Morgan fingerprint density at radius 2 is 2.22 bits per heavy atom. The third-order valence-corrected chi connectivity index (χ3v) is 3.04. The highest BCUT2D eigenvalue weighted by atomic mass is 35.5. The summed E-state index contributed by atoms with van der Waals surface area (Å²) >= 11 is 5.78. The number of hydrogen-bond donors (Lipinski definition) is 3. The Hall–Kier alpha value is -1.33. The van der Waals surface area contributed by atoms with E-state index in [0.717, 1.165) is 6.07 Å². The summed E-state index contributed by atoms with van der Waals surface area (Å²) < 4.78 is 12.8. The molecule has 0 aliphatic heterocycles. The molecule has 2 amide bonds. The minimum Gasteiger partial charge on any atom is -0.394 e. The van der Waals surface area contributed by atoms with Gasteiger partial charge in [-0.05, 0) is 31.5 Å². The predicted molar refractivity (Wildman–Crippen MR) is 69.3 cm³/mol. The van der Waals surface area contributed by atoms with Crippen molar-refractivity contribution in [2.75, 3.05) is 11.9 Å². The third kappa shape index (κ3) is 3.85. The van der Waals surface area contributed by atoms with E-state index in [1.807, 2.05) is 6.92 Å². The van der Waals surface area contributed by atoms with E-state index in [9.17, 15) is 14.3 Å². The zero-order valence-corrected chi connectivity index (χ0v) is 11.0. The summed E-state index contributed by atoms with van der Waals surface area (Å²) in [4.78, 5) is 11.7. The van der Waals surface area contributed by atoms with E-state index in [4.69, 9.17) is 11.6 Å². The van der Waals surface area contributed by atoms with Crippen molar-refractivity contribution < 1.29 is 14.3 Å². The van der Waals surface area contributed by atoms with Crippen molar-refractivity contribution in [2.24, 2.45) is 0 Å². The molecule has 0 fully saturated rings. The van der Waals surface area contributed by atoms with Crippen LogP contribution in [0.1, 0.15) is 20.3 Å². The summed E-state index contributed by atoms with van der Waals surface area (Å²) in [6, 6.07) is 3.19. The minimum absolute atomic E-state index is 0.118. The van der Waals surface area contributed by atoms with Crippen molar-refractivity contribution in [3.05, 3.63) is 29.0 Å². The molecule has 0 aliphatic rings. The first-order valence-electron chi connectivity index (χ1n) is 5.55. The second-order valence-electron chi connectivity index (χ2n) is 4.28. The van der Waals surface area contributed by atoms with Crippen molar-refractivity contribution in [2.45, 2.75) is 25.8 Å². The van der Waals surface area contributed by atoms with Crippen molar-refractivity contribution in [1.82, 2.24) is 5.32 Å². The molecule has 1 atom stereocenters. The average molecular weight is 275 g/mol. The highest BCUT2D eigenvalue weighted by molar-refractivity contribution is 6.33. The van der Waals surface area contributed by atoms with Crippen LogP contribution in [0.2, 0.25) is 5.02 Å². The van der Waals surface area contributed by atoms with Crippen LogP contribution in [0.3, 0.4) is 0 Å². The molecule has 0 saturated heterocycles. The predicted octanol–water partition coefficient (Wildman–Crippen LogP) is 2.76. The molecule has 1 rings (SSSR count). The van der Waals surface area contributed by atoms with Crippen LogP contribution in [0, 0.1) is 5.82 Å². The van der Waals surface area contributed by atoms with E-state index in [0.29, 0.717) is 12.1 Å². The lowest BCUT2D eigenvalue weighted by atomic mass is 10.0. The highest BCUT2D eigenvalue weighted by Crippen LogP contribution is 2.22. The molecule has 0 bridgehead atoms. The Morgan fingerprint density at radius 3 is 2.72 bits per heavy atom. The molecule has 1 aromatic carbocycles. The summed E-state index contributed by atoms with van der Waals surface area (Å²) in [6.07, 6.45) is 0.577. The lowest BCUT2D eigenvalue weighted by molar-refractivity contribution is 0.172. The number of benzene rings is 1. The topological polar surface area (TPSA) is 61.4 Å². The van der Waals surface area contributed by atoms with Crippen molar-refractivity contribution >= 4 is 23.3 Å². The monoisotopic (exact) mass is 274 g/mol. The number of hydrogen-bond acceptors (Lipinski definition) is 2. The second kappa shape index (κ2) is 6.02. The highest BCUT2D eigenvalue weighted by Gasteiger charge is 2.23. The molecule has 4 nitrogen and oxygen atoms in total. The number of amides is 2. The molecule has 1 aromatic rings. The van der Waals surface area contributed by atoms with E-state index in [1.54, 1.807) is 6.92 Å². The number of aliphatic hydroxyl groups excluding tert-OH is 1. The molecule has 18 heavy (non-hydrogen) atoms. The molecule has 3 N–H and O–H groups in total. The summed E-state index contributed by atoms with van der Waals surface area (Å²) in [7, 11) is 0. The van der Waals surface area contributed by atoms with Gasteiger partial charge >= 0.3 is 6.03 Å². The maximum absolute atomic E-state index is 12.8. The number of nitrogens with one attached hydrogen (secondary N) is 2. The zero-order valence-electron chi connectivity index (χ0n) is 10.3. The van der Waals surface area contributed by atoms with E-state index in [-0.39, 0.29) is 11.6 Å². The van der Waals surface area contributed by atoms with Gasteiger partial charge in [-0.25, -0.2) is 9.18 Å². The first-order valence-corrected chi connectivity index (χ1v) is 5.93. The van der Waals surface area contributed by atoms with Crippen molar-refractivity contribution in [1.29, 1.82) is 0 Å². The van der Waals surface area contributed by atoms with Gasteiger partial charge in [0.1, 0.15) is 5.82 Å². The van der Waals surface area contributed by atoms with Crippen LogP contribution in [0.25, 0.3) is 0 Å². The van der Waals surface area contributed by atoms with Gasteiger partial charge in [-0.2, -0.15) is 0 Å². The quantitative estimate of drug-likeness (QED) is 0.791. The number of carbonyl (C=O) groups excluding carboxylic acids is 1. The van der Waals surface area contributed by atoms with Gasteiger partial charge in [-0.15, -0.1) is 0 Å². The van der Waals surface area contributed by atoms with Gasteiger partial charge in [-0.1, -0.05) is 18.5 Å². The standard InChI is InChI=1S/C12H16ClFN2O2/c1-3-12(2,7-17)16-11(18)15-10-5-4-8(14)6-9(10)13/h4-6,17H,3,7H2,1-2H3,(H2,15,16,18). The molecule has 6 heteroatoms. The molecule has 0 aliphatic carbocycles. The summed E-state index contributed by atoms with van der Waals surface area (Å²) in [6.45, 7) is 3.40. The zero-order chi connectivity index (χ0) is 13.8. The van der Waals surface area contributed by atoms with Crippen LogP contribution in [0.5, 0.6) is 0 Å². The van der Waals surface area contributed by atoms with Crippen molar-refractivity contribution in [3.63, 3.8) is 0 Å². The Balaban J connectivity index is 2.70. The van der Waals surface area contributed by atoms with E-state index < -0.39 is 17.4 Å². The minimum atomic E-state index is -0.698. The second-order valence-corrected chi connectivity index (χ2v) is 4.68. The summed E-state index contributed by atoms with van der Waals surface area (Å²) in [5.41, 5.74) is -0.386. The average Bonchev–Trinajstić information content (AvgIpc) is 2.32. The summed E-state index contributed by atoms with van der Waals surface area (Å²) in [5, 5.41) is 14.4. The van der Waals surface area contributed by atoms with E-state index in [2.05, 4.69) is 10.6 Å². The van der Waals surface area contributed by atoms with Gasteiger partial charge < -0.3 is 15.7 Å². The molecule has 0 radical (unpaired) electrons. The van der Waals surface area contributed by atoms with Crippen LogP contribution in [-0.4, -0.2) is 23.3 Å². The van der Waals surface area contributed by atoms with Gasteiger partial charge in [0.05, 0.1) is 22.9 Å². The van der Waals surface area contributed by atoms with E-state index in [1.165, 1.54) is 12.1 Å².